The summed E-state index contributed by atoms with van der Waals surface area (Å²) in [5.74, 6) is -1.42. The number of unbranched alkanes of at least 4 members (excludes halogenated alkanes) is 1. The highest BCUT2D eigenvalue weighted by Crippen LogP contribution is 2.23. The van der Waals surface area contributed by atoms with Crippen LogP contribution in [0.1, 0.15) is 33.1 Å². The van der Waals surface area contributed by atoms with Gasteiger partial charge in [-0.25, -0.2) is 17.9 Å². The first-order valence-electron chi connectivity index (χ1n) is 9.11. The number of urea groups is 1. The van der Waals surface area contributed by atoms with Crippen molar-refractivity contribution in [3.8, 4) is 0 Å². The van der Waals surface area contributed by atoms with Gasteiger partial charge in [-0.2, -0.15) is 0 Å². The second-order valence-corrected chi connectivity index (χ2v) is 8.76. The number of nitrogens with zero attached hydrogens (tertiary/aromatic N) is 1. The van der Waals surface area contributed by atoms with Crippen LogP contribution < -0.4 is 10.0 Å². The third-order valence-electron chi connectivity index (χ3n) is 4.51. The lowest BCUT2D eigenvalue weighted by atomic mass is 9.91. The number of piperidine rings is 1. The predicted octanol–water partition coefficient (Wildman–Crippen LogP) is 2.34. The molecule has 2 rings (SSSR count). The quantitative estimate of drug-likeness (QED) is 0.611. The first kappa shape index (κ1) is 21.2. The third-order valence-corrected chi connectivity index (χ3v) is 5.97. The van der Waals surface area contributed by atoms with Crippen LogP contribution >= 0.6 is 0 Å². The number of carbonyl (C=O) groups is 2. The van der Waals surface area contributed by atoms with Crippen molar-refractivity contribution >= 4 is 27.7 Å². The van der Waals surface area contributed by atoms with E-state index in [1.807, 2.05) is 13.8 Å². The average Bonchev–Trinajstić information content (AvgIpc) is 2.61. The number of carboxylic acids is 1. The van der Waals surface area contributed by atoms with E-state index < -0.39 is 27.9 Å². The summed E-state index contributed by atoms with van der Waals surface area (Å²) >= 11 is 0. The van der Waals surface area contributed by atoms with Gasteiger partial charge in [-0.05, 0) is 37.0 Å². The Balaban J connectivity index is 2.07. The summed E-state index contributed by atoms with van der Waals surface area (Å²) in [4.78, 5) is 25.3. The number of hydrogen-bond donors (Lipinski definition) is 3. The van der Waals surface area contributed by atoms with Crippen molar-refractivity contribution in [1.29, 1.82) is 0 Å². The Labute approximate surface area is 160 Å². The van der Waals surface area contributed by atoms with Gasteiger partial charge in [0, 0.05) is 25.3 Å². The molecule has 0 bridgehead atoms. The van der Waals surface area contributed by atoms with E-state index in [1.165, 1.54) is 17.0 Å². The highest BCUT2D eigenvalue weighted by molar-refractivity contribution is 7.89. The van der Waals surface area contributed by atoms with Crippen molar-refractivity contribution in [2.75, 3.05) is 25.0 Å². The molecule has 0 aliphatic carbocycles. The molecular formula is C18H27N3O5S. The number of aliphatic carboxylic acids is 1. The van der Waals surface area contributed by atoms with E-state index in [9.17, 15) is 23.1 Å². The predicted molar refractivity (Wildman–Crippen MR) is 102 cm³/mol. The van der Waals surface area contributed by atoms with Gasteiger partial charge in [0.15, 0.2) is 0 Å². The zero-order valence-corrected chi connectivity index (χ0v) is 16.5. The summed E-state index contributed by atoms with van der Waals surface area (Å²) in [6.45, 7) is 4.84. The summed E-state index contributed by atoms with van der Waals surface area (Å²) in [6.07, 6.45) is 2.16. The number of rotatable bonds is 7. The van der Waals surface area contributed by atoms with Gasteiger partial charge in [0.05, 0.1) is 10.8 Å². The van der Waals surface area contributed by atoms with Gasteiger partial charge < -0.3 is 15.3 Å². The number of benzene rings is 1. The van der Waals surface area contributed by atoms with Crippen LogP contribution in [0.15, 0.2) is 29.2 Å². The van der Waals surface area contributed by atoms with Crippen molar-refractivity contribution in [2.24, 2.45) is 11.8 Å². The molecule has 1 fully saturated rings. The molecule has 3 N–H and O–H groups in total. The van der Waals surface area contributed by atoms with E-state index >= 15 is 0 Å². The molecule has 2 unspecified atom stereocenters. The number of sulfonamides is 1. The molecule has 2 atom stereocenters. The van der Waals surface area contributed by atoms with E-state index in [0.717, 1.165) is 12.8 Å². The maximum absolute atomic E-state index is 12.5. The molecule has 1 saturated heterocycles. The van der Waals surface area contributed by atoms with Crippen LogP contribution in [0.4, 0.5) is 10.5 Å². The highest BCUT2D eigenvalue weighted by atomic mass is 32.2. The number of amides is 2. The molecule has 1 aliphatic heterocycles. The molecular weight excluding hydrogens is 370 g/mol. The second kappa shape index (κ2) is 9.18. The first-order chi connectivity index (χ1) is 12.7. The summed E-state index contributed by atoms with van der Waals surface area (Å²) in [5, 5.41) is 11.9. The Morgan fingerprint density at radius 3 is 2.70 bits per heavy atom. The van der Waals surface area contributed by atoms with Gasteiger partial charge >= 0.3 is 12.0 Å². The SMILES string of the molecule is CCCCNS(=O)(=O)c1cccc(NC(=O)N2CC(C)CC(C(=O)O)C2)c1. The lowest BCUT2D eigenvalue weighted by Crippen LogP contribution is -2.47. The average molecular weight is 397 g/mol. The number of anilines is 1. The van der Waals surface area contributed by atoms with Crippen LogP contribution in [-0.4, -0.2) is 50.1 Å². The first-order valence-corrected chi connectivity index (χ1v) is 10.6. The molecule has 150 valence electrons. The summed E-state index contributed by atoms with van der Waals surface area (Å²) in [6, 6.07) is 5.59. The fourth-order valence-electron chi connectivity index (χ4n) is 3.11. The van der Waals surface area contributed by atoms with Crippen molar-refractivity contribution in [2.45, 2.75) is 38.0 Å². The van der Waals surface area contributed by atoms with E-state index in [4.69, 9.17) is 0 Å². The maximum Gasteiger partial charge on any atom is 0.321 e. The van der Waals surface area contributed by atoms with Crippen LogP contribution in [-0.2, 0) is 14.8 Å². The molecule has 1 aliphatic rings. The minimum absolute atomic E-state index is 0.0758. The molecule has 1 aromatic carbocycles. The standard InChI is InChI=1S/C18H27N3O5S/c1-3-4-8-19-27(25,26)16-7-5-6-15(10-16)20-18(24)21-11-13(2)9-14(12-21)17(22)23/h5-7,10,13-14,19H,3-4,8-9,11-12H2,1-2H3,(H,20,24)(H,22,23). The molecule has 0 spiro atoms. The van der Waals surface area contributed by atoms with Gasteiger partial charge in [-0.1, -0.05) is 26.3 Å². The Kier molecular flexibility index (Phi) is 7.20. The Hall–Kier alpha value is -2.13. The van der Waals surface area contributed by atoms with E-state index in [1.54, 1.807) is 12.1 Å². The number of carbonyl (C=O) groups excluding carboxylic acids is 1. The van der Waals surface area contributed by atoms with E-state index in [2.05, 4.69) is 10.0 Å². The lowest BCUT2D eigenvalue weighted by molar-refractivity contribution is -0.143. The van der Waals surface area contributed by atoms with Gasteiger partial charge in [0.2, 0.25) is 10.0 Å². The normalized spacial score (nSPS) is 20.3. The topological polar surface area (TPSA) is 116 Å². The number of likely N-dealkylation sites (tertiary alicyclic amines) is 1. The molecule has 9 heteroatoms. The fourth-order valence-corrected chi connectivity index (χ4v) is 4.23. The maximum atomic E-state index is 12.5. The van der Waals surface area contributed by atoms with Crippen molar-refractivity contribution in [1.82, 2.24) is 9.62 Å². The Morgan fingerprint density at radius 2 is 2.04 bits per heavy atom. The van der Waals surface area contributed by atoms with Crippen LogP contribution in [0.2, 0.25) is 0 Å². The van der Waals surface area contributed by atoms with Crippen LogP contribution in [0, 0.1) is 11.8 Å². The fraction of sp³-hybridized carbons (Fsp3) is 0.556. The van der Waals surface area contributed by atoms with E-state index in [-0.39, 0.29) is 17.4 Å². The van der Waals surface area contributed by atoms with Crippen LogP contribution in [0.5, 0.6) is 0 Å². The van der Waals surface area contributed by atoms with Crippen LogP contribution in [0.3, 0.4) is 0 Å². The molecule has 1 heterocycles. The largest absolute Gasteiger partial charge is 0.481 e. The molecule has 8 nitrogen and oxygen atoms in total. The summed E-state index contributed by atoms with van der Waals surface area (Å²) < 4.78 is 27.1. The Morgan fingerprint density at radius 1 is 1.30 bits per heavy atom. The minimum Gasteiger partial charge on any atom is -0.481 e. The molecule has 27 heavy (non-hydrogen) atoms. The summed E-state index contributed by atoms with van der Waals surface area (Å²) in [7, 11) is -3.64. The Bertz CT molecular complexity index is 781. The number of nitrogens with one attached hydrogen (secondary N) is 2. The smallest absolute Gasteiger partial charge is 0.321 e. The van der Waals surface area contributed by atoms with Gasteiger partial charge in [0.1, 0.15) is 0 Å². The molecule has 2 amide bonds. The van der Waals surface area contributed by atoms with Crippen molar-refractivity contribution in [3.63, 3.8) is 0 Å². The van der Waals surface area contributed by atoms with Crippen molar-refractivity contribution < 1.29 is 23.1 Å². The lowest BCUT2D eigenvalue weighted by Gasteiger charge is -2.34. The minimum atomic E-state index is -3.64. The third kappa shape index (κ3) is 5.93. The zero-order chi connectivity index (χ0) is 20.0. The number of hydrogen-bond acceptors (Lipinski definition) is 4. The van der Waals surface area contributed by atoms with Gasteiger partial charge in [0.25, 0.3) is 0 Å². The molecule has 1 aromatic rings. The number of carboxylic acid groups (broad SMARTS) is 1. The molecule has 0 aromatic heterocycles. The monoisotopic (exact) mass is 397 g/mol. The summed E-state index contributed by atoms with van der Waals surface area (Å²) in [5.41, 5.74) is 0.350. The van der Waals surface area contributed by atoms with Crippen molar-refractivity contribution in [3.05, 3.63) is 24.3 Å². The van der Waals surface area contributed by atoms with E-state index in [0.29, 0.717) is 25.2 Å². The second-order valence-electron chi connectivity index (χ2n) is 6.99. The highest BCUT2D eigenvalue weighted by Gasteiger charge is 2.32. The van der Waals surface area contributed by atoms with Crippen LogP contribution in [0.25, 0.3) is 0 Å². The molecule has 0 saturated carbocycles. The zero-order valence-electron chi connectivity index (χ0n) is 15.6. The molecule has 0 radical (unpaired) electrons. The van der Waals surface area contributed by atoms with Gasteiger partial charge in [-0.15, -0.1) is 0 Å². The van der Waals surface area contributed by atoms with Gasteiger partial charge in [-0.3, -0.25) is 4.79 Å².